The van der Waals surface area contributed by atoms with E-state index in [2.05, 4.69) is 36.5 Å². The van der Waals surface area contributed by atoms with Gasteiger partial charge in [-0.15, -0.1) is 0 Å². The van der Waals surface area contributed by atoms with Gasteiger partial charge in [-0.3, -0.25) is 5.43 Å². The highest BCUT2D eigenvalue weighted by Gasteiger charge is 1.98. The summed E-state index contributed by atoms with van der Waals surface area (Å²) in [4.78, 5) is 0. The molecule has 0 bridgehead atoms. The molecule has 0 atom stereocenters. The number of benzene rings is 3. The van der Waals surface area contributed by atoms with E-state index < -0.39 is 0 Å². The van der Waals surface area contributed by atoms with E-state index in [4.69, 9.17) is 16.3 Å². The molecule has 0 saturated carbocycles. The summed E-state index contributed by atoms with van der Waals surface area (Å²) in [6.45, 7) is 4.18. The van der Waals surface area contributed by atoms with Gasteiger partial charge in [0.25, 0.3) is 0 Å². The molecule has 3 aromatic carbocycles. The van der Waals surface area contributed by atoms with E-state index >= 15 is 0 Å². The molecule has 25 heavy (non-hydrogen) atoms. The van der Waals surface area contributed by atoms with Crippen LogP contribution in [-0.4, -0.2) is 6.21 Å². The summed E-state index contributed by atoms with van der Waals surface area (Å²) in [5, 5.41) is 4.97. The van der Waals surface area contributed by atoms with Gasteiger partial charge in [0.2, 0.25) is 0 Å². The second-order valence-corrected chi connectivity index (χ2v) is 6.23. The summed E-state index contributed by atoms with van der Waals surface area (Å²) >= 11 is 5.87. The Labute approximate surface area is 152 Å². The third-order valence-corrected chi connectivity index (χ3v) is 4.10. The molecule has 0 spiro atoms. The summed E-state index contributed by atoms with van der Waals surface area (Å²) in [6, 6.07) is 21.2. The number of anilines is 1. The van der Waals surface area contributed by atoms with Crippen molar-refractivity contribution in [2.75, 3.05) is 5.43 Å². The molecule has 0 aromatic heterocycles. The number of ether oxygens (including phenoxy) is 1. The Morgan fingerprint density at radius 3 is 2.12 bits per heavy atom. The summed E-state index contributed by atoms with van der Waals surface area (Å²) in [5.74, 6) is 1.52. The lowest BCUT2D eigenvalue weighted by molar-refractivity contribution is 0.482. The lowest BCUT2D eigenvalue weighted by Gasteiger charge is -2.06. The van der Waals surface area contributed by atoms with Crippen LogP contribution in [0.3, 0.4) is 0 Å². The van der Waals surface area contributed by atoms with Gasteiger partial charge in [-0.25, -0.2) is 0 Å². The highest BCUT2D eigenvalue weighted by Crippen LogP contribution is 2.23. The fourth-order valence-corrected chi connectivity index (χ4v) is 2.38. The van der Waals surface area contributed by atoms with Gasteiger partial charge in [-0.1, -0.05) is 17.7 Å². The van der Waals surface area contributed by atoms with Crippen molar-refractivity contribution in [1.82, 2.24) is 0 Å². The predicted octanol–water partition coefficient (Wildman–Crippen LogP) is 6.20. The summed E-state index contributed by atoms with van der Waals surface area (Å²) in [6.07, 6.45) is 1.78. The number of hydrogen-bond donors (Lipinski definition) is 1. The zero-order valence-corrected chi connectivity index (χ0v) is 14.9. The lowest BCUT2D eigenvalue weighted by Crippen LogP contribution is -1.92. The summed E-state index contributed by atoms with van der Waals surface area (Å²) in [7, 11) is 0. The maximum absolute atomic E-state index is 5.87. The molecule has 0 unspecified atom stereocenters. The Morgan fingerprint density at radius 2 is 1.48 bits per heavy atom. The molecule has 0 amide bonds. The third-order valence-electron chi connectivity index (χ3n) is 3.84. The Bertz CT molecular complexity index is 871. The molecule has 0 radical (unpaired) electrons. The van der Waals surface area contributed by atoms with E-state index in [1.807, 2.05) is 42.5 Å². The number of hydrogen-bond acceptors (Lipinski definition) is 3. The van der Waals surface area contributed by atoms with Gasteiger partial charge in [0, 0.05) is 5.02 Å². The molecule has 0 aliphatic heterocycles. The van der Waals surface area contributed by atoms with Crippen LogP contribution in [0.25, 0.3) is 0 Å². The number of aryl methyl sites for hydroxylation is 2. The Morgan fingerprint density at radius 1 is 0.840 bits per heavy atom. The van der Waals surface area contributed by atoms with Crippen LogP contribution in [0.15, 0.2) is 71.8 Å². The van der Waals surface area contributed by atoms with Gasteiger partial charge in [-0.2, -0.15) is 5.10 Å². The maximum Gasteiger partial charge on any atom is 0.127 e. The summed E-state index contributed by atoms with van der Waals surface area (Å²) in [5.41, 5.74) is 7.52. The molecule has 0 fully saturated rings. The molecule has 3 nitrogen and oxygen atoms in total. The third kappa shape index (κ3) is 4.85. The van der Waals surface area contributed by atoms with Crippen LogP contribution in [0.4, 0.5) is 5.69 Å². The van der Waals surface area contributed by atoms with Crippen LogP contribution in [0.5, 0.6) is 11.5 Å². The number of hydrazone groups is 1. The minimum absolute atomic E-state index is 0.690. The van der Waals surface area contributed by atoms with Crippen LogP contribution in [-0.2, 0) is 0 Å². The quantitative estimate of drug-likeness (QED) is 0.439. The van der Waals surface area contributed by atoms with Crippen molar-refractivity contribution in [3.63, 3.8) is 0 Å². The SMILES string of the molecule is Cc1ccc(NN=Cc2ccc(Oc3ccc(Cl)cc3)cc2)cc1C. The number of nitrogens with zero attached hydrogens (tertiary/aromatic N) is 1. The Kier molecular flexibility index (Phi) is 5.36. The van der Waals surface area contributed by atoms with Crippen molar-refractivity contribution in [3.8, 4) is 11.5 Å². The Balaban J connectivity index is 1.60. The van der Waals surface area contributed by atoms with E-state index in [1.165, 1.54) is 11.1 Å². The number of rotatable bonds is 5. The molecule has 0 aliphatic carbocycles. The van der Waals surface area contributed by atoms with Crippen LogP contribution in [0, 0.1) is 13.8 Å². The van der Waals surface area contributed by atoms with Crippen molar-refractivity contribution in [2.45, 2.75) is 13.8 Å². The highest BCUT2D eigenvalue weighted by atomic mass is 35.5. The van der Waals surface area contributed by atoms with Crippen molar-refractivity contribution in [2.24, 2.45) is 5.10 Å². The topological polar surface area (TPSA) is 33.6 Å². The minimum atomic E-state index is 0.690. The first kappa shape index (κ1) is 17.1. The normalized spacial score (nSPS) is 10.8. The first-order valence-electron chi connectivity index (χ1n) is 8.00. The first-order valence-corrected chi connectivity index (χ1v) is 8.38. The van der Waals surface area contributed by atoms with Crippen molar-refractivity contribution in [3.05, 3.63) is 88.4 Å². The molecular formula is C21H19ClN2O. The molecule has 0 aliphatic rings. The van der Waals surface area contributed by atoms with Gasteiger partial charge in [0.1, 0.15) is 11.5 Å². The minimum Gasteiger partial charge on any atom is -0.457 e. The van der Waals surface area contributed by atoms with Gasteiger partial charge in [0.05, 0.1) is 11.9 Å². The molecule has 4 heteroatoms. The second kappa shape index (κ2) is 7.86. The van der Waals surface area contributed by atoms with Crippen LogP contribution < -0.4 is 10.2 Å². The molecule has 3 aromatic rings. The van der Waals surface area contributed by atoms with Gasteiger partial charge < -0.3 is 4.74 Å². The zero-order valence-electron chi connectivity index (χ0n) is 14.2. The summed E-state index contributed by atoms with van der Waals surface area (Å²) < 4.78 is 5.77. The average molecular weight is 351 g/mol. The van der Waals surface area contributed by atoms with Crippen molar-refractivity contribution in [1.29, 1.82) is 0 Å². The maximum atomic E-state index is 5.87. The van der Waals surface area contributed by atoms with E-state index in [1.54, 1.807) is 18.3 Å². The molecule has 126 valence electrons. The van der Waals surface area contributed by atoms with Crippen molar-refractivity contribution < 1.29 is 4.74 Å². The number of nitrogens with one attached hydrogen (secondary N) is 1. The monoisotopic (exact) mass is 350 g/mol. The van der Waals surface area contributed by atoms with Gasteiger partial charge in [-0.05, 0) is 91.2 Å². The van der Waals surface area contributed by atoms with Gasteiger partial charge >= 0.3 is 0 Å². The standard InChI is InChI=1S/C21H19ClN2O/c1-15-3-8-19(13-16(15)2)24-23-14-17-4-9-20(10-5-17)25-21-11-6-18(22)7-12-21/h3-14,24H,1-2H3. The lowest BCUT2D eigenvalue weighted by atomic mass is 10.1. The van der Waals surface area contributed by atoms with Crippen LogP contribution in [0.2, 0.25) is 5.02 Å². The Hall–Kier alpha value is -2.78. The second-order valence-electron chi connectivity index (χ2n) is 5.79. The fraction of sp³-hybridized carbons (Fsp3) is 0.0952. The highest BCUT2D eigenvalue weighted by molar-refractivity contribution is 6.30. The number of halogens is 1. The fourth-order valence-electron chi connectivity index (χ4n) is 2.25. The first-order chi connectivity index (χ1) is 12.1. The van der Waals surface area contributed by atoms with Crippen LogP contribution >= 0.6 is 11.6 Å². The van der Waals surface area contributed by atoms with Gasteiger partial charge in [0.15, 0.2) is 0 Å². The molecule has 3 rings (SSSR count). The van der Waals surface area contributed by atoms with E-state index in [0.717, 1.165) is 22.7 Å². The average Bonchev–Trinajstić information content (AvgIpc) is 2.61. The molecule has 1 N–H and O–H groups in total. The zero-order chi connectivity index (χ0) is 17.6. The van der Waals surface area contributed by atoms with Crippen LogP contribution in [0.1, 0.15) is 16.7 Å². The smallest absolute Gasteiger partial charge is 0.127 e. The van der Waals surface area contributed by atoms with E-state index in [-0.39, 0.29) is 0 Å². The predicted molar refractivity (Wildman–Crippen MR) is 105 cm³/mol. The molecule has 0 heterocycles. The molecular weight excluding hydrogens is 332 g/mol. The van der Waals surface area contributed by atoms with Crippen molar-refractivity contribution >= 4 is 23.5 Å². The van der Waals surface area contributed by atoms with E-state index in [9.17, 15) is 0 Å². The van der Waals surface area contributed by atoms with E-state index in [0.29, 0.717) is 5.02 Å². The largest absolute Gasteiger partial charge is 0.457 e. The molecule has 0 saturated heterocycles.